The van der Waals surface area contributed by atoms with Crippen molar-refractivity contribution in [3.63, 3.8) is 0 Å². The molecule has 0 radical (unpaired) electrons. The molecule has 0 aliphatic heterocycles. The lowest BCUT2D eigenvalue weighted by Crippen LogP contribution is -1.97. The summed E-state index contributed by atoms with van der Waals surface area (Å²) in [5, 5.41) is 0. The second-order valence-corrected chi connectivity index (χ2v) is 2.63. The first-order valence-electron chi connectivity index (χ1n) is 4.14. The molecular weight excluding hydrogens is 171 g/mol. The van der Waals surface area contributed by atoms with Gasteiger partial charge in [-0.1, -0.05) is 13.0 Å². The molecule has 0 aromatic heterocycles. The molecule has 13 heavy (non-hydrogen) atoms. The molecule has 0 bridgehead atoms. The minimum Gasteiger partial charge on any atom is -0.492 e. The molecule has 3 heteroatoms. The topological polar surface area (TPSA) is 18.5 Å². The van der Waals surface area contributed by atoms with Crippen LogP contribution >= 0.6 is 0 Å². The Morgan fingerprint density at radius 1 is 1.15 bits per heavy atom. The molecule has 0 aliphatic carbocycles. The molecule has 0 atom stereocenters. The Morgan fingerprint density at radius 2 is 1.77 bits per heavy atom. The largest absolute Gasteiger partial charge is 0.492 e. The van der Waals surface area contributed by atoms with Gasteiger partial charge in [0.1, 0.15) is 0 Å². The summed E-state index contributed by atoms with van der Waals surface area (Å²) in [4.78, 5) is 0. The summed E-state index contributed by atoms with van der Waals surface area (Å²) in [7, 11) is 2.94. The SMILES string of the molecule is CCc1ccc(F)c(OC)c1OC. The third-order valence-corrected chi connectivity index (χ3v) is 1.93. The van der Waals surface area contributed by atoms with Crippen molar-refractivity contribution in [1.29, 1.82) is 0 Å². The van der Waals surface area contributed by atoms with Crippen molar-refractivity contribution in [2.45, 2.75) is 13.3 Å². The monoisotopic (exact) mass is 184 g/mol. The van der Waals surface area contributed by atoms with Gasteiger partial charge in [0.2, 0.25) is 0 Å². The molecule has 1 aromatic rings. The minimum atomic E-state index is -0.392. The van der Waals surface area contributed by atoms with Crippen LogP contribution in [0.2, 0.25) is 0 Å². The van der Waals surface area contributed by atoms with Gasteiger partial charge in [-0.15, -0.1) is 0 Å². The summed E-state index contributed by atoms with van der Waals surface area (Å²) in [5.74, 6) is 0.281. The maximum absolute atomic E-state index is 13.1. The summed E-state index contributed by atoms with van der Waals surface area (Å²) >= 11 is 0. The van der Waals surface area contributed by atoms with Gasteiger partial charge in [0.05, 0.1) is 14.2 Å². The molecule has 0 saturated carbocycles. The van der Waals surface area contributed by atoms with E-state index < -0.39 is 5.82 Å². The van der Waals surface area contributed by atoms with E-state index in [1.165, 1.54) is 20.3 Å². The van der Waals surface area contributed by atoms with Crippen LogP contribution in [0.1, 0.15) is 12.5 Å². The van der Waals surface area contributed by atoms with Crippen molar-refractivity contribution in [2.75, 3.05) is 14.2 Å². The average molecular weight is 184 g/mol. The van der Waals surface area contributed by atoms with Gasteiger partial charge in [0, 0.05) is 0 Å². The number of rotatable bonds is 3. The lowest BCUT2D eigenvalue weighted by molar-refractivity contribution is 0.335. The number of halogens is 1. The maximum Gasteiger partial charge on any atom is 0.197 e. The fraction of sp³-hybridized carbons (Fsp3) is 0.400. The van der Waals surface area contributed by atoms with E-state index in [0.717, 1.165) is 12.0 Å². The summed E-state index contributed by atoms with van der Waals surface area (Å²) < 4.78 is 23.1. The standard InChI is InChI=1S/C10H13FO2/c1-4-7-5-6-8(11)10(13-3)9(7)12-2/h5-6H,4H2,1-3H3. The number of aryl methyl sites for hydroxylation is 1. The molecule has 0 spiro atoms. The molecular formula is C10H13FO2. The molecule has 0 N–H and O–H groups in total. The predicted octanol–water partition coefficient (Wildman–Crippen LogP) is 2.41. The third-order valence-electron chi connectivity index (χ3n) is 1.93. The van der Waals surface area contributed by atoms with Gasteiger partial charge < -0.3 is 9.47 Å². The molecule has 2 nitrogen and oxygen atoms in total. The fourth-order valence-electron chi connectivity index (χ4n) is 1.27. The molecule has 0 amide bonds. The van der Waals surface area contributed by atoms with E-state index in [9.17, 15) is 4.39 Å². The molecule has 0 saturated heterocycles. The van der Waals surface area contributed by atoms with Crippen molar-refractivity contribution in [1.82, 2.24) is 0 Å². The van der Waals surface area contributed by atoms with E-state index in [4.69, 9.17) is 9.47 Å². The molecule has 0 aliphatic rings. The van der Waals surface area contributed by atoms with Gasteiger partial charge in [0.25, 0.3) is 0 Å². The van der Waals surface area contributed by atoms with Gasteiger partial charge in [-0.3, -0.25) is 0 Å². The van der Waals surface area contributed by atoms with Crippen molar-refractivity contribution >= 4 is 0 Å². The van der Waals surface area contributed by atoms with E-state index in [0.29, 0.717) is 5.75 Å². The normalized spacial score (nSPS) is 9.85. The van der Waals surface area contributed by atoms with Crippen molar-refractivity contribution in [3.8, 4) is 11.5 Å². The highest BCUT2D eigenvalue weighted by Crippen LogP contribution is 2.33. The highest BCUT2D eigenvalue weighted by Gasteiger charge is 2.13. The van der Waals surface area contributed by atoms with E-state index >= 15 is 0 Å². The van der Waals surface area contributed by atoms with E-state index in [1.807, 2.05) is 6.92 Å². The van der Waals surface area contributed by atoms with Gasteiger partial charge in [-0.25, -0.2) is 4.39 Å². The quantitative estimate of drug-likeness (QED) is 0.718. The van der Waals surface area contributed by atoms with E-state index in [2.05, 4.69) is 0 Å². The lowest BCUT2D eigenvalue weighted by Gasteiger charge is -2.11. The Bertz CT molecular complexity index is 297. The van der Waals surface area contributed by atoms with Crippen LogP contribution in [0.5, 0.6) is 11.5 Å². The second-order valence-electron chi connectivity index (χ2n) is 2.63. The third kappa shape index (κ3) is 1.74. The number of methoxy groups -OCH3 is 2. The first-order valence-corrected chi connectivity index (χ1v) is 4.14. The molecule has 0 heterocycles. The average Bonchev–Trinajstić information content (AvgIpc) is 2.17. The highest BCUT2D eigenvalue weighted by molar-refractivity contribution is 5.47. The Hall–Kier alpha value is -1.25. The van der Waals surface area contributed by atoms with E-state index in [1.54, 1.807) is 6.07 Å². The first kappa shape index (κ1) is 9.84. The van der Waals surface area contributed by atoms with Crippen molar-refractivity contribution in [3.05, 3.63) is 23.5 Å². The number of benzene rings is 1. The summed E-state index contributed by atoms with van der Waals surface area (Å²) in [5.41, 5.74) is 0.945. The lowest BCUT2D eigenvalue weighted by atomic mass is 10.1. The summed E-state index contributed by atoms with van der Waals surface area (Å²) in [6, 6.07) is 3.09. The maximum atomic E-state index is 13.1. The number of hydrogen-bond acceptors (Lipinski definition) is 2. The number of hydrogen-bond donors (Lipinski definition) is 0. The zero-order valence-corrected chi connectivity index (χ0v) is 8.06. The Morgan fingerprint density at radius 3 is 2.23 bits per heavy atom. The van der Waals surface area contributed by atoms with Gasteiger partial charge in [0.15, 0.2) is 17.3 Å². The molecule has 0 unspecified atom stereocenters. The van der Waals surface area contributed by atoms with Crippen LogP contribution in [0.4, 0.5) is 4.39 Å². The van der Waals surface area contributed by atoms with Gasteiger partial charge >= 0.3 is 0 Å². The smallest absolute Gasteiger partial charge is 0.197 e. The molecule has 0 fully saturated rings. The van der Waals surface area contributed by atoms with Crippen molar-refractivity contribution in [2.24, 2.45) is 0 Å². The zero-order chi connectivity index (χ0) is 9.84. The summed E-state index contributed by atoms with van der Waals surface area (Å²) in [6.45, 7) is 1.98. The van der Waals surface area contributed by atoms with Crippen LogP contribution in [-0.2, 0) is 6.42 Å². The Labute approximate surface area is 77.3 Å². The first-order chi connectivity index (χ1) is 6.24. The van der Waals surface area contributed by atoms with Gasteiger partial charge in [-0.05, 0) is 18.1 Å². The van der Waals surface area contributed by atoms with Crippen molar-refractivity contribution < 1.29 is 13.9 Å². The van der Waals surface area contributed by atoms with Crippen LogP contribution in [0.25, 0.3) is 0 Å². The molecule has 1 aromatic carbocycles. The zero-order valence-electron chi connectivity index (χ0n) is 8.06. The van der Waals surface area contributed by atoms with Gasteiger partial charge in [-0.2, -0.15) is 0 Å². The van der Waals surface area contributed by atoms with Crippen LogP contribution in [0, 0.1) is 5.82 Å². The second kappa shape index (κ2) is 4.12. The van der Waals surface area contributed by atoms with Crippen LogP contribution in [0.3, 0.4) is 0 Å². The van der Waals surface area contributed by atoms with Crippen LogP contribution in [0.15, 0.2) is 12.1 Å². The number of ether oxygens (including phenoxy) is 2. The molecule has 1 rings (SSSR count). The minimum absolute atomic E-state index is 0.182. The van der Waals surface area contributed by atoms with E-state index in [-0.39, 0.29) is 5.75 Å². The summed E-state index contributed by atoms with van der Waals surface area (Å²) in [6.07, 6.45) is 0.791. The fourth-order valence-corrected chi connectivity index (χ4v) is 1.27. The predicted molar refractivity (Wildman–Crippen MR) is 48.9 cm³/mol. The Kier molecular flexibility index (Phi) is 3.12. The van der Waals surface area contributed by atoms with Crippen LogP contribution < -0.4 is 9.47 Å². The van der Waals surface area contributed by atoms with Crippen LogP contribution in [-0.4, -0.2) is 14.2 Å². The Balaban J connectivity index is 3.27. The highest BCUT2D eigenvalue weighted by atomic mass is 19.1. The molecule has 72 valence electrons.